The fourth-order valence-electron chi connectivity index (χ4n) is 2.75. The number of carbonyl (C=O) groups excluding carboxylic acids is 1. The van der Waals surface area contributed by atoms with E-state index >= 15 is 0 Å². The Bertz CT molecular complexity index is 872. The van der Waals surface area contributed by atoms with Crippen molar-refractivity contribution in [2.75, 3.05) is 5.75 Å². The number of nitrogens with one attached hydrogen (secondary N) is 1. The molecule has 2 aromatic heterocycles. The van der Waals surface area contributed by atoms with Crippen LogP contribution in [0.2, 0.25) is 0 Å². The van der Waals surface area contributed by atoms with E-state index in [4.69, 9.17) is 4.42 Å². The Balaban J connectivity index is 1.41. The topological polar surface area (TPSA) is 73.0 Å². The molecule has 0 aliphatic heterocycles. The molecule has 0 bridgehead atoms. The van der Waals surface area contributed by atoms with Crippen molar-refractivity contribution in [2.24, 2.45) is 0 Å². The van der Waals surface area contributed by atoms with Crippen molar-refractivity contribution in [3.63, 3.8) is 0 Å². The molecule has 6 nitrogen and oxygen atoms in total. The van der Waals surface area contributed by atoms with Crippen LogP contribution in [0.4, 0.5) is 0 Å². The van der Waals surface area contributed by atoms with Gasteiger partial charge in [-0.1, -0.05) is 30.0 Å². The summed E-state index contributed by atoms with van der Waals surface area (Å²) >= 11 is 1.36. The zero-order valence-corrected chi connectivity index (χ0v) is 15.3. The van der Waals surface area contributed by atoms with Gasteiger partial charge in [-0.25, -0.2) is 9.67 Å². The molecule has 1 aromatic carbocycles. The van der Waals surface area contributed by atoms with Gasteiger partial charge in [0.1, 0.15) is 11.6 Å². The number of carbonyl (C=O) groups is 1. The van der Waals surface area contributed by atoms with Crippen LogP contribution >= 0.6 is 11.8 Å². The van der Waals surface area contributed by atoms with Crippen LogP contribution in [0.25, 0.3) is 5.69 Å². The summed E-state index contributed by atoms with van der Waals surface area (Å²) in [6, 6.07) is 13.5. The number of amides is 1. The second-order valence-corrected chi connectivity index (χ2v) is 7.31. The van der Waals surface area contributed by atoms with Crippen LogP contribution in [0, 0.1) is 0 Å². The van der Waals surface area contributed by atoms with E-state index in [1.54, 1.807) is 6.26 Å². The maximum atomic E-state index is 12.2. The maximum Gasteiger partial charge on any atom is 0.231 e. The number of benzene rings is 1. The third-order valence-corrected chi connectivity index (χ3v) is 5.07. The highest BCUT2D eigenvalue weighted by molar-refractivity contribution is 7.99. The van der Waals surface area contributed by atoms with E-state index in [9.17, 15) is 4.79 Å². The summed E-state index contributed by atoms with van der Waals surface area (Å²) in [5, 5.41) is 8.17. The van der Waals surface area contributed by atoms with Crippen LogP contribution in [0.5, 0.6) is 0 Å². The molecule has 26 heavy (non-hydrogen) atoms. The van der Waals surface area contributed by atoms with Gasteiger partial charge in [0.2, 0.25) is 11.1 Å². The Hall–Kier alpha value is -2.54. The minimum atomic E-state index is -0.157. The van der Waals surface area contributed by atoms with Gasteiger partial charge in [-0.2, -0.15) is 0 Å². The number of furan rings is 1. The van der Waals surface area contributed by atoms with Crippen molar-refractivity contribution in [1.82, 2.24) is 20.1 Å². The first-order chi connectivity index (χ1) is 12.7. The summed E-state index contributed by atoms with van der Waals surface area (Å²) in [5.74, 6) is 2.41. The van der Waals surface area contributed by atoms with Crippen LogP contribution in [-0.4, -0.2) is 26.4 Å². The third kappa shape index (κ3) is 3.83. The number of hydrogen-bond donors (Lipinski definition) is 1. The van der Waals surface area contributed by atoms with Gasteiger partial charge in [0.05, 0.1) is 23.7 Å². The molecule has 1 atom stereocenters. The molecule has 1 fully saturated rings. The van der Waals surface area contributed by atoms with Crippen LogP contribution in [0.3, 0.4) is 0 Å². The highest BCUT2D eigenvalue weighted by Crippen LogP contribution is 2.40. The van der Waals surface area contributed by atoms with E-state index in [2.05, 4.69) is 15.4 Å². The molecule has 1 aliphatic carbocycles. The predicted octanol–water partition coefficient (Wildman–Crippen LogP) is 3.71. The average Bonchev–Trinajstić information content (AvgIpc) is 3.19. The van der Waals surface area contributed by atoms with Crippen molar-refractivity contribution in [2.45, 2.75) is 36.9 Å². The van der Waals surface area contributed by atoms with E-state index in [0.29, 0.717) is 11.1 Å². The van der Waals surface area contributed by atoms with Gasteiger partial charge in [0.15, 0.2) is 0 Å². The molecular formula is C19H20N4O2S. The average molecular weight is 368 g/mol. The summed E-state index contributed by atoms with van der Waals surface area (Å²) in [7, 11) is 0. The lowest BCUT2D eigenvalue weighted by Crippen LogP contribution is -2.27. The molecule has 0 unspecified atom stereocenters. The number of hydrogen-bond acceptors (Lipinski definition) is 5. The number of para-hydroxylation sites is 1. The Morgan fingerprint density at radius 1 is 1.31 bits per heavy atom. The SMILES string of the molecule is C[C@@H](NC(=O)CSc1nc(C2CC2)n(-c2ccccc2)n1)c1ccco1. The molecule has 3 aromatic rings. The smallest absolute Gasteiger partial charge is 0.231 e. The van der Waals surface area contributed by atoms with E-state index in [1.165, 1.54) is 11.8 Å². The van der Waals surface area contributed by atoms with Crippen molar-refractivity contribution < 1.29 is 9.21 Å². The van der Waals surface area contributed by atoms with E-state index in [1.807, 2.05) is 54.1 Å². The zero-order valence-electron chi connectivity index (χ0n) is 14.5. The van der Waals surface area contributed by atoms with E-state index in [0.717, 1.165) is 30.1 Å². The first kappa shape index (κ1) is 16.9. The molecule has 0 spiro atoms. The lowest BCUT2D eigenvalue weighted by Gasteiger charge is -2.10. The van der Waals surface area contributed by atoms with Gasteiger partial charge >= 0.3 is 0 Å². The lowest BCUT2D eigenvalue weighted by molar-refractivity contribution is -0.119. The largest absolute Gasteiger partial charge is 0.467 e. The Morgan fingerprint density at radius 2 is 2.12 bits per heavy atom. The Morgan fingerprint density at radius 3 is 2.81 bits per heavy atom. The third-order valence-electron chi connectivity index (χ3n) is 4.24. The van der Waals surface area contributed by atoms with Crippen molar-refractivity contribution in [1.29, 1.82) is 0 Å². The number of aromatic nitrogens is 3. The molecular weight excluding hydrogens is 348 g/mol. The summed E-state index contributed by atoms with van der Waals surface area (Å²) in [6.07, 6.45) is 3.90. The standard InChI is InChI=1S/C19H20N4O2S/c1-13(16-8-5-11-25-16)20-17(24)12-26-19-21-18(14-9-10-14)23(22-19)15-6-3-2-4-7-15/h2-8,11,13-14H,9-10,12H2,1H3,(H,20,24)/t13-/m1/s1. The van der Waals surface area contributed by atoms with Crippen LogP contribution in [0.1, 0.15) is 43.3 Å². The quantitative estimate of drug-likeness (QED) is 0.644. The van der Waals surface area contributed by atoms with Crippen molar-refractivity contribution in [3.8, 4) is 5.69 Å². The summed E-state index contributed by atoms with van der Waals surface area (Å²) in [4.78, 5) is 16.9. The van der Waals surface area contributed by atoms with Gasteiger partial charge in [-0.15, -0.1) is 5.10 Å². The molecule has 134 valence electrons. The first-order valence-corrected chi connectivity index (χ1v) is 9.67. The van der Waals surface area contributed by atoms with E-state index < -0.39 is 0 Å². The monoisotopic (exact) mass is 368 g/mol. The van der Waals surface area contributed by atoms with Crippen LogP contribution in [-0.2, 0) is 4.79 Å². The number of nitrogens with zero attached hydrogens (tertiary/aromatic N) is 3. The molecule has 1 amide bonds. The van der Waals surface area contributed by atoms with Gasteiger partial charge in [0, 0.05) is 5.92 Å². The summed E-state index contributed by atoms with van der Waals surface area (Å²) < 4.78 is 7.22. The minimum absolute atomic E-state index is 0.0667. The molecule has 1 aliphatic rings. The molecule has 0 radical (unpaired) electrons. The zero-order chi connectivity index (χ0) is 17.9. The van der Waals surface area contributed by atoms with Crippen LogP contribution in [0.15, 0.2) is 58.3 Å². The second-order valence-electron chi connectivity index (χ2n) is 6.37. The molecule has 1 N–H and O–H groups in total. The Labute approximate surface area is 156 Å². The fraction of sp³-hybridized carbons (Fsp3) is 0.316. The van der Waals surface area contributed by atoms with Gasteiger partial charge < -0.3 is 9.73 Å². The van der Waals surface area contributed by atoms with Gasteiger partial charge in [0.25, 0.3) is 0 Å². The molecule has 2 heterocycles. The normalized spacial score (nSPS) is 15.0. The molecule has 7 heteroatoms. The summed E-state index contributed by atoms with van der Waals surface area (Å²) in [5.41, 5.74) is 1.00. The van der Waals surface area contributed by atoms with Gasteiger partial charge in [-0.3, -0.25) is 4.79 Å². The number of rotatable bonds is 7. The van der Waals surface area contributed by atoms with Crippen molar-refractivity contribution in [3.05, 3.63) is 60.3 Å². The molecule has 1 saturated carbocycles. The maximum absolute atomic E-state index is 12.2. The molecule has 0 saturated heterocycles. The minimum Gasteiger partial charge on any atom is -0.467 e. The first-order valence-electron chi connectivity index (χ1n) is 8.68. The van der Waals surface area contributed by atoms with Crippen molar-refractivity contribution >= 4 is 17.7 Å². The molecule has 4 rings (SSSR count). The van der Waals surface area contributed by atoms with Crippen LogP contribution < -0.4 is 5.32 Å². The highest BCUT2D eigenvalue weighted by atomic mass is 32.2. The lowest BCUT2D eigenvalue weighted by atomic mass is 10.2. The number of thioether (sulfide) groups is 1. The highest BCUT2D eigenvalue weighted by Gasteiger charge is 2.30. The fourth-order valence-corrected chi connectivity index (χ4v) is 3.39. The van der Waals surface area contributed by atoms with E-state index in [-0.39, 0.29) is 17.7 Å². The van der Waals surface area contributed by atoms with Gasteiger partial charge in [-0.05, 0) is 44.0 Å². The summed E-state index contributed by atoms with van der Waals surface area (Å²) in [6.45, 7) is 1.90. The Kier molecular flexibility index (Phi) is 4.79. The predicted molar refractivity (Wildman–Crippen MR) is 99.3 cm³/mol. The second kappa shape index (κ2) is 7.37.